The summed E-state index contributed by atoms with van der Waals surface area (Å²) in [6, 6.07) is 9.72. The van der Waals surface area contributed by atoms with E-state index in [1.807, 2.05) is 30.3 Å². The Morgan fingerprint density at radius 1 is 1.00 bits per heavy atom. The Bertz CT molecular complexity index is 197. The van der Waals surface area contributed by atoms with E-state index < -0.39 is 8.80 Å². The van der Waals surface area contributed by atoms with Crippen molar-refractivity contribution in [1.82, 2.24) is 0 Å². The van der Waals surface area contributed by atoms with E-state index in [4.69, 9.17) is 10.2 Å². The third-order valence-electron chi connectivity index (χ3n) is 1.71. The van der Waals surface area contributed by atoms with Gasteiger partial charge in [0.25, 0.3) is 0 Å². The molecule has 0 saturated carbocycles. The highest BCUT2D eigenvalue weighted by Gasteiger charge is 2.09. The zero-order valence-electron chi connectivity index (χ0n) is 6.27. The lowest BCUT2D eigenvalue weighted by molar-refractivity contribution is 0.332. The fourth-order valence-corrected chi connectivity index (χ4v) is 2.30. The topological polar surface area (TPSA) is 40.5 Å². The highest BCUT2D eigenvalue weighted by Crippen LogP contribution is 1.86. The Labute approximate surface area is 67.7 Å². The first-order chi connectivity index (χ1) is 5.38. The van der Waals surface area contributed by atoms with Gasteiger partial charge in [0.2, 0.25) is 0 Å². The van der Waals surface area contributed by atoms with Gasteiger partial charge in [-0.25, -0.2) is 0 Å². The predicted octanol–water partition coefficient (Wildman–Crippen LogP) is -0.816. The van der Waals surface area contributed by atoms with Gasteiger partial charge in [0.05, 0.1) is 0 Å². The normalized spacial score (nSPS) is 10.5. The predicted molar refractivity (Wildman–Crippen MR) is 47.4 cm³/mol. The largest absolute Gasteiger partial charge is 0.400 e. The average Bonchev–Trinajstić information content (AvgIpc) is 2.09. The first-order valence-electron chi connectivity index (χ1n) is 3.65. The molecule has 0 aromatic heterocycles. The number of aliphatic hydroxyl groups is 2. The molecule has 11 heavy (non-hydrogen) atoms. The molecule has 2 N–H and O–H groups in total. The maximum Gasteiger partial charge on any atom is 0.128 e. The quantitative estimate of drug-likeness (QED) is 0.579. The zero-order chi connectivity index (χ0) is 8.10. The van der Waals surface area contributed by atoms with Crippen molar-refractivity contribution in [2.24, 2.45) is 0 Å². The summed E-state index contributed by atoms with van der Waals surface area (Å²) in [5.41, 5.74) is 0. The van der Waals surface area contributed by atoms with Crippen molar-refractivity contribution < 1.29 is 10.2 Å². The van der Waals surface area contributed by atoms with Gasteiger partial charge in [-0.1, -0.05) is 35.5 Å². The second kappa shape index (κ2) is 4.28. The van der Waals surface area contributed by atoms with Gasteiger partial charge in [-0.15, -0.1) is 0 Å². The SMILES string of the molecule is OC[SiH](CO)c1ccccc1. The molecule has 0 atom stereocenters. The summed E-state index contributed by atoms with van der Waals surface area (Å²) < 4.78 is 0. The molecule has 0 bridgehead atoms. The van der Waals surface area contributed by atoms with Crippen molar-refractivity contribution in [1.29, 1.82) is 0 Å². The van der Waals surface area contributed by atoms with Crippen molar-refractivity contribution >= 4 is 14.0 Å². The standard InChI is InChI=1S/C8H12O2Si/c9-6-11(7-10)8-4-2-1-3-5-8/h1-5,9-11H,6-7H2. The van der Waals surface area contributed by atoms with Crippen LogP contribution in [0, 0.1) is 0 Å². The third-order valence-corrected chi connectivity index (χ3v) is 3.92. The molecule has 3 heteroatoms. The maximum atomic E-state index is 8.88. The summed E-state index contributed by atoms with van der Waals surface area (Å²) in [6.07, 6.45) is 0.279. The Kier molecular flexibility index (Phi) is 3.29. The number of benzene rings is 1. The van der Waals surface area contributed by atoms with E-state index >= 15 is 0 Å². The minimum atomic E-state index is -1.44. The van der Waals surface area contributed by atoms with Crippen LogP contribution < -0.4 is 5.19 Å². The summed E-state index contributed by atoms with van der Waals surface area (Å²) >= 11 is 0. The van der Waals surface area contributed by atoms with Crippen LogP contribution >= 0.6 is 0 Å². The second-order valence-electron chi connectivity index (χ2n) is 2.47. The number of hydrogen-bond donors (Lipinski definition) is 2. The van der Waals surface area contributed by atoms with Crippen molar-refractivity contribution in [2.75, 3.05) is 12.5 Å². The van der Waals surface area contributed by atoms with Crippen LogP contribution in [-0.4, -0.2) is 31.5 Å². The molecule has 0 heterocycles. The van der Waals surface area contributed by atoms with Crippen LogP contribution in [0.15, 0.2) is 30.3 Å². The van der Waals surface area contributed by atoms with Crippen LogP contribution in [0.2, 0.25) is 0 Å². The highest BCUT2D eigenvalue weighted by molar-refractivity contribution is 6.72. The summed E-state index contributed by atoms with van der Waals surface area (Å²) in [5, 5.41) is 18.9. The molecule has 0 aliphatic rings. The van der Waals surface area contributed by atoms with E-state index in [1.54, 1.807) is 0 Å². The summed E-state index contributed by atoms with van der Waals surface area (Å²) in [7, 11) is -1.44. The summed E-state index contributed by atoms with van der Waals surface area (Å²) in [4.78, 5) is 0. The number of rotatable bonds is 3. The van der Waals surface area contributed by atoms with Gasteiger partial charge in [0.1, 0.15) is 8.80 Å². The van der Waals surface area contributed by atoms with Crippen LogP contribution in [-0.2, 0) is 0 Å². The van der Waals surface area contributed by atoms with Gasteiger partial charge in [-0.3, -0.25) is 0 Å². The molecule has 60 valence electrons. The van der Waals surface area contributed by atoms with Crippen LogP contribution in [0.3, 0.4) is 0 Å². The van der Waals surface area contributed by atoms with E-state index in [0.29, 0.717) is 0 Å². The fraction of sp³-hybridized carbons (Fsp3) is 0.250. The van der Waals surface area contributed by atoms with Crippen LogP contribution in [0.4, 0.5) is 0 Å². The molecule has 0 unspecified atom stereocenters. The van der Waals surface area contributed by atoms with Crippen molar-refractivity contribution in [3.05, 3.63) is 30.3 Å². The molecule has 0 saturated heterocycles. The third kappa shape index (κ3) is 2.15. The molecule has 0 aliphatic heterocycles. The van der Waals surface area contributed by atoms with Gasteiger partial charge in [-0.05, 0) is 0 Å². The van der Waals surface area contributed by atoms with Crippen molar-refractivity contribution in [2.45, 2.75) is 0 Å². The monoisotopic (exact) mass is 168 g/mol. The highest BCUT2D eigenvalue weighted by atomic mass is 28.3. The maximum absolute atomic E-state index is 8.88. The molecule has 1 rings (SSSR count). The Morgan fingerprint density at radius 2 is 1.55 bits per heavy atom. The fourth-order valence-electron chi connectivity index (χ4n) is 0.994. The Hall–Kier alpha value is -0.643. The van der Waals surface area contributed by atoms with Gasteiger partial charge in [0, 0.05) is 12.5 Å². The lowest BCUT2D eigenvalue weighted by Gasteiger charge is -2.07. The van der Waals surface area contributed by atoms with E-state index in [0.717, 1.165) is 5.19 Å². The molecule has 0 radical (unpaired) electrons. The molecule has 0 fully saturated rings. The van der Waals surface area contributed by atoms with Crippen LogP contribution in [0.25, 0.3) is 0 Å². The smallest absolute Gasteiger partial charge is 0.128 e. The van der Waals surface area contributed by atoms with Crippen molar-refractivity contribution in [3.63, 3.8) is 0 Å². The summed E-state index contributed by atoms with van der Waals surface area (Å²) in [5.74, 6) is 0. The Balaban J connectivity index is 2.74. The first-order valence-corrected chi connectivity index (χ1v) is 5.86. The second-order valence-corrected chi connectivity index (χ2v) is 5.26. The molecular formula is C8H12O2Si. The minimum absolute atomic E-state index is 0.139. The van der Waals surface area contributed by atoms with Gasteiger partial charge in [-0.2, -0.15) is 0 Å². The van der Waals surface area contributed by atoms with Gasteiger partial charge >= 0.3 is 0 Å². The average molecular weight is 168 g/mol. The molecule has 0 aliphatic carbocycles. The summed E-state index contributed by atoms with van der Waals surface area (Å²) in [6.45, 7) is 0. The van der Waals surface area contributed by atoms with Gasteiger partial charge < -0.3 is 10.2 Å². The minimum Gasteiger partial charge on any atom is -0.400 e. The molecule has 0 spiro atoms. The van der Waals surface area contributed by atoms with E-state index in [9.17, 15) is 0 Å². The van der Waals surface area contributed by atoms with Crippen molar-refractivity contribution in [3.8, 4) is 0 Å². The lowest BCUT2D eigenvalue weighted by Crippen LogP contribution is -2.38. The molecule has 2 nitrogen and oxygen atoms in total. The number of aliphatic hydroxyl groups excluding tert-OH is 2. The van der Waals surface area contributed by atoms with E-state index in [2.05, 4.69) is 0 Å². The van der Waals surface area contributed by atoms with Crippen LogP contribution in [0.5, 0.6) is 0 Å². The molecule has 1 aromatic rings. The Morgan fingerprint density at radius 3 is 2.00 bits per heavy atom. The van der Waals surface area contributed by atoms with Gasteiger partial charge in [0.15, 0.2) is 0 Å². The molecule has 0 amide bonds. The van der Waals surface area contributed by atoms with E-state index in [-0.39, 0.29) is 12.5 Å². The molecular weight excluding hydrogens is 156 g/mol. The zero-order valence-corrected chi connectivity index (χ0v) is 7.43. The van der Waals surface area contributed by atoms with E-state index in [1.165, 1.54) is 0 Å². The van der Waals surface area contributed by atoms with Crippen LogP contribution in [0.1, 0.15) is 0 Å². The number of hydrogen-bond acceptors (Lipinski definition) is 2. The molecule has 1 aromatic carbocycles. The first kappa shape index (κ1) is 8.45. The lowest BCUT2D eigenvalue weighted by atomic mass is 10.4.